The van der Waals surface area contributed by atoms with Gasteiger partial charge in [0.25, 0.3) is 0 Å². The second kappa shape index (κ2) is 7.32. The molecule has 0 saturated carbocycles. The first-order valence-electron chi connectivity index (χ1n) is 8.40. The smallest absolute Gasteiger partial charge is 0.165 e. The number of aliphatic hydroxyl groups is 1. The van der Waals surface area contributed by atoms with Crippen molar-refractivity contribution in [3.05, 3.63) is 46.5 Å². The standard InChI is InChI=1S/C18H24FN3O2/c1-12-15(13(2)22(21-12)8-9-23)11-20-17-7-4-10-24-18-14(17)5-3-6-16(18)19/h3,5-6,17,20,23H,4,7-11H2,1-2H3. The van der Waals surface area contributed by atoms with Crippen LogP contribution in [0.2, 0.25) is 0 Å². The van der Waals surface area contributed by atoms with Gasteiger partial charge in [-0.25, -0.2) is 4.39 Å². The van der Waals surface area contributed by atoms with E-state index in [1.807, 2.05) is 24.6 Å². The highest BCUT2D eigenvalue weighted by Gasteiger charge is 2.22. The SMILES string of the molecule is Cc1nn(CCO)c(C)c1CNC1CCCOc2c(F)cccc21. The molecule has 1 aliphatic heterocycles. The van der Waals surface area contributed by atoms with Crippen LogP contribution in [0.1, 0.15) is 41.4 Å². The molecule has 0 fully saturated rings. The van der Waals surface area contributed by atoms with Gasteiger partial charge in [-0.05, 0) is 32.8 Å². The summed E-state index contributed by atoms with van der Waals surface area (Å²) in [6.07, 6.45) is 1.78. The molecule has 0 spiro atoms. The van der Waals surface area contributed by atoms with Gasteiger partial charge in [0.15, 0.2) is 11.6 Å². The highest BCUT2D eigenvalue weighted by Crippen LogP contribution is 2.33. The number of benzene rings is 1. The molecule has 24 heavy (non-hydrogen) atoms. The van der Waals surface area contributed by atoms with Gasteiger partial charge in [0, 0.05) is 29.4 Å². The highest BCUT2D eigenvalue weighted by molar-refractivity contribution is 5.38. The molecule has 6 heteroatoms. The van der Waals surface area contributed by atoms with Crippen molar-refractivity contribution in [3.8, 4) is 5.75 Å². The predicted octanol–water partition coefficient (Wildman–Crippen LogP) is 2.63. The van der Waals surface area contributed by atoms with Crippen LogP contribution in [0, 0.1) is 19.7 Å². The third-order valence-electron chi connectivity index (χ3n) is 4.62. The van der Waals surface area contributed by atoms with E-state index >= 15 is 0 Å². The van der Waals surface area contributed by atoms with Gasteiger partial charge < -0.3 is 15.2 Å². The zero-order valence-corrected chi connectivity index (χ0v) is 14.2. The summed E-state index contributed by atoms with van der Waals surface area (Å²) in [4.78, 5) is 0. The molecule has 1 aliphatic rings. The normalized spacial score (nSPS) is 17.2. The molecule has 0 bridgehead atoms. The number of rotatable bonds is 5. The Morgan fingerprint density at radius 3 is 3.04 bits per heavy atom. The highest BCUT2D eigenvalue weighted by atomic mass is 19.1. The van der Waals surface area contributed by atoms with Crippen molar-refractivity contribution in [2.75, 3.05) is 13.2 Å². The number of ether oxygens (including phenoxy) is 1. The monoisotopic (exact) mass is 333 g/mol. The van der Waals surface area contributed by atoms with E-state index in [2.05, 4.69) is 10.4 Å². The van der Waals surface area contributed by atoms with Gasteiger partial charge in [-0.1, -0.05) is 12.1 Å². The van der Waals surface area contributed by atoms with Crippen molar-refractivity contribution in [2.45, 2.75) is 45.8 Å². The van der Waals surface area contributed by atoms with Crippen LogP contribution in [0.25, 0.3) is 0 Å². The van der Waals surface area contributed by atoms with Crippen LogP contribution in [0.3, 0.4) is 0 Å². The molecule has 1 atom stereocenters. The van der Waals surface area contributed by atoms with Crippen LogP contribution in [-0.4, -0.2) is 28.1 Å². The Labute approximate surface area is 141 Å². The van der Waals surface area contributed by atoms with Crippen LogP contribution < -0.4 is 10.1 Å². The van der Waals surface area contributed by atoms with E-state index < -0.39 is 0 Å². The van der Waals surface area contributed by atoms with Crippen molar-refractivity contribution in [2.24, 2.45) is 0 Å². The third kappa shape index (κ3) is 3.30. The fourth-order valence-corrected chi connectivity index (χ4v) is 3.31. The van der Waals surface area contributed by atoms with Gasteiger partial charge in [-0.15, -0.1) is 0 Å². The Balaban J connectivity index is 1.79. The lowest BCUT2D eigenvalue weighted by Crippen LogP contribution is -2.21. The molecule has 1 aromatic heterocycles. The van der Waals surface area contributed by atoms with Crippen molar-refractivity contribution >= 4 is 0 Å². The Kier molecular flexibility index (Phi) is 5.16. The lowest BCUT2D eigenvalue weighted by molar-refractivity contribution is 0.267. The number of aliphatic hydroxyl groups excluding tert-OH is 1. The number of hydrogen-bond acceptors (Lipinski definition) is 4. The third-order valence-corrected chi connectivity index (χ3v) is 4.62. The minimum atomic E-state index is -0.302. The lowest BCUT2D eigenvalue weighted by atomic mass is 10.0. The minimum absolute atomic E-state index is 0.0539. The first-order valence-corrected chi connectivity index (χ1v) is 8.40. The van der Waals surface area contributed by atoms with E-state index in [-0.39, 0.29) is 18.5 Å². The second-order valence-corrected chi connectivity index (χ2v) is 6.18. The number of para-hydroxylation sites is 1. The van der Waals surface area contributed by atoms with E-state index in [4.69, 9.17) is 9.84 Å². The van der Waals surface area contributed by atoms with Crippen LogP contribution in [0.4, 0.5) is 4.39 Å². The number of nitrogens with zero attached hydrogens (tertiary/aromatic N) is 2. The van der Waals surface area contributed by atoms with E-state index in [0.717, 1.165) is 35.4 Å². The van der Waals surface area contributed by atoms with Crippen LogP contribution in [0.15, 0.2) is 18.2 Å². The second-order valence-electron chi connectivity index (χ2n) is 6.18. The van der Waals surface area contributed by atoms with Crippen LogP contribution in [0.5, 0.6) is 5.75 Å². The molecule has 130 valence electrons. The summed E-state index contributed by atoms with van der Waals surface area (Å²) in [6, 6.07) is 5.15. The summed E-state index contributed by atoms with van der Waals surface area (Å²) in [5.41, 5.74) is 4.02. The zero-order chi connectivity index (χ0) is 17.1. The first kappa shape index (κ1) is 16.9. The maximum absolute atomic E-state index is 14.0. The topological polar surface area (TPSA) is 59.3 Å². The fraction of sp³-hybridized carbons (Fsp3) is 0.500. The molecular weight excluding hydrogens is 309 g/mol. The predicted molar refractivity (Wildman–Crippen MR) is 89.5 cm³/mol. The maximum Gasteiger partial charge on any atom is 0.165 e. The molecule has 0 aliphatic carbocycles. The molecule has 3 rings (SSSR count). The van der Waals surface area contributed by atoms with Gasteiger partial charge in [0.2, 0.25) is 0 Å². The Morgan fingerprint density at radius 2 is 2.25 bits per heavy atom. The summed E-state index contributed by atoms with van der Waals surface area (Å²) in [7, 11) is 0. The molecule has 2 N–H and O–H groups in total. The molecule has 2 heterocycles. The minimum Gasteiger partial charge on any atom is -0.490 e. The maximum atomic E-state index is 14.0. The molecule has 2 aromatic rings. The van der Waals surface area contributed by atoms with E-state index in [9.17, 15) is 4.39 Å². The Bertz CT molecular complexity index is 715. The fourth-order valence-electron chi connectivity index (χ4n) is 3.31. The average molecular weight is 333 g/mol. The van der Waals surface area contributed by atoms with Crippen molar-refractivity contribution in [1.82, 2.24) is 15.1 Å². The summed E-state index contributed by atoms with van der Waals surface area (Å²) in [6.45, 7) is 5.75. The molecule has 0 saturated heterocycles. The van der Waals surface area contributed by atoms with E-state index in [1.165, 1.54) is 6.07 Å². The number of halogens is 1. The van der Waals surface area contributed by atoms with Crippen LogP contribution >= 0.6 is 0 Å². The quantitative estimate of drug-likeness (QED) is 0.883. The number of aromatic nitrogens is 2. The van der Waals surface area contributed by atoms with Crippen molar-refractivity contribution < 1.29 is 14.2 Å². The Morgan fingerprint density at radius 1 is 1.42 bits per heavy atom. The van der Waals surface area contributed by atoms with Gasteiger partial charge in [0.05, 0.1) is 25.5 Å². The molecule has 0 radical (unpaired) electrons. The number of nitrogens with one attached hydrogen (secondary N) is 1. The van der Waals surface area contributed by atoms with E-state index in [0.29, 0.717) is 25.4 Å². The summed E-state index contributed by atoms with van der Waals surface area (Å²) in [5.74, 6) is 0.0706. The van der Waals surface area contributed by atoms with Gasteiger partial charge >= 0.3 is 0 Å². The molecule has 1 unspecified atom stereocenters. The number of hydrogen-bond donors (Lipinski definition) is 2. The first-order chi connectivity index (χ1) is 11.6. The lowest BCUT2D eigenvalue weighted by Gasteiger charge is -2.19. The summed E-state index contributed by atoms with van der Waals surface area (Å²) >= 11 is 0. The van der Waals surface area contributed by atoms with Gasteiger partial charge in [0.1, 0.15) is 0 Å². The van der Waals surface area contributed by atoms with Gasteiger partial charge in [-0.2, -0.15) is 5.10 Å². The van der Waals surface area contributed by atoms with Gasteiger partial charge in [-0.3, -0.25) is 4.68 Å². The average Bonchev–Trinajstić information content (AvgIpc) is 2.74. The van der Waals surface area contributed by atoms with E-state index in [1.54, 1.807) is 6.07 Å². The van der Waals surface area contributed by atoms with Crippen LogP contribution in [-0.2, 0) is 13.1 Å². The zero-order valence-electron chi connectivity index (χ0n) is 14.2. The summed E-state index contributed by atoms with van der Waals surface area (Å²) in [5, 5.41) is 17.1. The van der Waals surface area contributed by atoms with Crippen molar-refractivity contribution in [3.63, 3.8) is 0 Å². The molecule has 5 nitrogen and oxygen atoms in total. The number of aryl methyl sites for hydroxylation is 1. The number of fused-ring (bicyclic) bond motifs is 1. The van der Waals surface area contributed by atoms with Crippen molar-refractivity contribution in [1.29, 1.82) is 0 Å². The largest absolute Gasteiger partial charge is 0.490 e. The summed E-state index contributed by atoms with van der Waals surface area (Å²) < 4.78 is 21.4. The Hall–Kier alpha value is -1.92. The molecular formula is C18H24FN3O2. The molecule has 0 amide bonds. The molecule has 1 aromatic carbocycles.